The van der Waals surface area contributed by atoms with Crippen molar-refractivity contribution in [2.75, 3.05) is 0 Å². The van der Waals surface area contributed by atoms with E-state index in [1.807, 2.05) is 0 Å². The molecule has 1 aliphatic heterocycles. The summed E-state index contributed by atoms with van der Waals surface area (Å²) in [5, 5.41) is 4.31. The Morgan fingerprint density at radius 1 is 1.08 bits per heavy atom. The molecule has 0 amide bonds. The monoisotopic (exact) mass is 411 g/mol. The van der Waals surface area contributed by atoms with E-state index in [0.29, 0.717) is 21.3 Å². The maximum absolute atomic E-state index is 12.5. The van der Waals surface area contributed by atoms with Crippen LogP contribution in [0, 0.1) is 0 Å². The summed E-state index contributed by atoms with van der Waals surface area (Å²) in [6.07, 6.45) is 1.41. The normalized spacial score (nSPS) is 15.7. The van der Waals surface area contributed by atoms with Crippen LogP contribution in [0.25, 0.3) is 6.08 Å². The maximum atomic E-state index is 12.5. The second-order valence-corrected chi connectivity index (χ2v) is 7.71. The van der Waals surface area contributed by atoms with Crippen molar-refractivity contribution in [3.05, 3.63) is 63.6 Å². The third-order valence-electron chi connectivity index (χ3n) is 3.45. The Labute approximate surface area is 159 Å². The zero-order valence-corrected chi connectivity index (χ0v) is 15.6. The fourth-order valence-electron chi connectivity index (χ4n) is 2.15. The van der Waals surface area contributed by atoms with Crippen LogP contribution in [0.5, 0.6) is 5.75 Å². The minimum atomic E-state index is -4.10. The van der Waals surface area contributed by atoms with E-state index in [0.717, 1.165) is 0 Å². The maximum Gasteiger partial charge on any atom is 0.367 e. The van der Waals surface area contributed by atoms with Crippen LogP contribution in [0.3, 0.4) is 0 Å². The zero-order chi connectivity index (χ0) is 18.9. The highest BCUT2D eigenvalue weighted by atomic mass is 35.5. The third-order valence-corrected chi connectivity index (χ3v) is 5.18. The van der Waals surface area contributed by atoms with Crippen molar-refractivity contribution < 1.29 is 22.2 Å². The summed E-state index contributed by atoms with van der Waals surface area (Å²) < 4.78 is 30.2. The molecule has 2 aromatic carbocycles. The molecule has 0 atom stereocenters. The lowest BCUT2D eigenvalue weighted by Gasteiger charge is -2.10. The van der Waals surface area contributed by atoms with Gasteiger partial charge in [-0.15, -0.1) is 0 Å². The number of oxime groups is 1. The summed E-state index contributed by atoms with van der Waals surface area (Å²) in [4.78, 5) is 16.2. The molecule has 3 rings (SSSR count). The van der Waals surface area contributed by atoms with Crippen LogP contribution in [0.4, 0.5) is 0 Å². The van der Waals surface area contributed by atoms with Gasteiger partial charge >= 0.3 is 16.1 Å². The van der Waals surface area contributed by atoms with Crippen molar-refractivity contribution in [2.45, 2.75) is 11.8 Å². The largest absolute Gasteiger partial charge is 0.378 e. The number of rotatable bonds is 4. The van der Waals surface area contributed by atoms with Crippen LogP contribution in [0.1, 0.15) is 12.5 Å². The average Bonchev–Trinajstić information content (AvgIpc) is 2.89. The summed E-state index contributed by atoms with van der Waals surface area (Å²) in [6, 6.07) is 9.89. The Bertz CT molecular complexity index is 1040. The van der Waals surface area contributed by atoms with Crippen molar-refractivity contribution in [3.63, 3.8) is 0 Å². The van der Waals surface area contributed by atoms with E-state index < -0.39 is 16.1 Å². The summed E-state index contributed by atoms with van der Waals surface area (Å²) in [5.74, 6) is -0.640. The van der Waals surface area contributed by atoms with E-state index in [1.165, 1.54) is 48.5 Å². The summed E-state index contributed by atoms with van der Waals surface area (Å²) in [5.41, 5.74) is 0.834. The van der Waals surface area contributed by atoms with Gasteiger partial charge in [-0.1, -0.05) is 28.4 Å². The predicted molar refractivity (Wildman–Crippen MR) is 97.9 cm³/mol. The van der Waals surface area contributed by atoms with Gasteiger partial charge in [-0.3, -0.25) is 0 Å². The first-order chi connectivity index (χ1) is 12.3. The highest BCUT2D eigenvalue weighted by molar-refractivity contribution is 7.87. The van der Waals surface area contributed by atoms with Gasteiger partial charge in [0.2, 0.25) is 0 Å². The van der Waals surface area contributed by atoms with E-state index in [2.05, 4.69) is 9.99 Å². The van der Waals surface area contributed by atoms with Crippen LogP contribution in [0.2, 0.25) is 10.0 Å². The number of carbonyl (C=O) groups excluding carboxylic acids is 1. The first-order valence-corrected chi connectivity index (χ1v) is 9.40. The van der Waals surface area contributed by atoms with E-state index in [9.17, 15) is 13.2 Å². The van der Waals surface area contributed by atoms with Crippen molar-refractivity contribution in [1.82, 2.24) is 0 Å². The minimum absolute atomic E-state index is 0.00403. The van der Waals surface area contributed by atoms with E-state index in [1.54, 1.807) is 6.92 Å². The minimum Gasteiger partial charge on any atom is -0.378 e. The van der Waals surface area contributed by atoms with Crippen LogP contribution < -0.4 is 4.18 Å². The Hall–Kier alpha value is -2.35. The molecule has 9 heteroatoms. The molecule has 6 nitrogen and oxygen atoms in total. The fourth-order valence-corrected chi connectivity index (χ4v) is 3.41. The SMILES string of the molecule is CC1=NOC(=O)/C1=C\c1cc(Cl)ccc1OS(=O)(=O)c1ccc(Cl)cc1. The highest BCUT2D eigenvalue weighted by Gasteiger charge is 2.24. The van der Waals surface area contributed by atoms with Gasteiger partial charge in [-0.25, -0.2) is 4.79 Å². The standard InChI is InChI=1S/C17H11Cl2NO5S/c1-10-15(17(21)24-20-10)9-11-8-13(19)4-7-16(11)25-26(22,23)14-5-2-12(18)3-6-14/h2-9H,1H3/b15-9-. The zero-order valence-electron chi connectivity index (χ0n) is 13.3. The van der Waals surface area contributed by atoms with Gasteiger partial charge in [0, 0.05) is 15.6 Å². The lowest BCUT2D eigenvalue weighted by Crippen LogP contribution is -2.10. The fraction of sp³-hybridized carbons (Fsp3) is 0.0588. The Morgan fingerprint density at radius 2 is 1.73 bits per heavy atom. The van der Waals surface area contributed by atoms with Crippen molar-refractivity contribution >= 4 is 51.1 Å². The van der Waals surface area contributed by atoms with E-state index >= 15 is 0 Å². The molecule has 0 aromatic heterocycles. The second kappa shape index (κ2) is 7.11. The van der Waals surface area contributed by atoms with Crippen LogP contribution in [-0.2, 0) is 19.8 Å². The molecule has 26 heavy (non-hydrogen) atoms. The van der Waals surface area contributed by atoms with Gasteiger partial charge in [0.1, 0.15) is 10.6 Å². The molecule has 0 saturated heterocycles. The molecule has 0 saturated carbocycles. The summed E-state index contributed by atoms with van der Waals surface area (Å²) in [7, 11) is -4.10. The van der Waals surface area contributed by atoms with Gasteiger partial charge in [0.05, 0.1) is 11.3 Å². The smallest absolute Gasteiger partial charge is 0.367 e. The molecule has 0 aliphatic carbocycles. The average molecular weight is 412 g/mol. The molecular weight excluding hydrogens is 401 g/mol. The van der Waals surface area contributed by atoms with Gasteiger partial charge in [-0.05, 0) is 55.5 Å². The molecule has 134 valence electrons. The topological polar surface area (TPSA) is 82.0 Å². The van der Waals surface area contributed by atoms with Crippen molar-refractivity contribution in [1.29, 1.82) is 0 Å². The number of carbonyl (C=O) groups is 1. The molecule has 0 N–H and O–H groups in total. The Morgan fingerprint density at radius 3 is 2.35 bits per heavy atom. The molecule has 2 aromatic rings. The van der Waals surface area contributed by atoms with Gasteiger partial charge in [0.25, 0.3) is 0 Å². The lowest BCUT2D eigenvalue weighted by atomic mass is 10.1. The van der Waals surface area contributed by atoms with Crippen LogP contribution in [-0.4, -0.2) is 20.1 Å². The predicted octanol–water partition coefficient (Wildman–Crippen LogP) is 4.08. The third kappa shape index (κ3) is 3.90. The second-order valence-electron chi connectivity index (χ2n) is 5.29. The molecule has 1 heterocycles. The van der Waals surface area contributed by atoms with Gasteiger partial charge in [-0.2, -0.15) is 8.42 Å². The number of halogens is 2. The molecule has 0 fully saturated rings. The molecule has 0 unspecified atom stereocenters. The molecular formula is C17H11Cl2NO5S. The van der Waals surface area contributed by atoms with Crippen LogP contribution in [0.15, 0.2) is 58.1 Å². The Balaban J connectivity index is 2.01. The summed E-state index contributed by atoms with van der Waals surface area (Å²) in [6.45, 7) is 1.59. The Kier molecular flexibility index (Phi) is 5.04. The lowest BCUT2D eigenvalue weighted by molar-refractivity contribution is -0.136. The summed E-state index contributed by atoms with van der Waals surface area (Å²) >= 11 is 11.8. The molecule has 1 aliphatic rings. The number of hydrogen-bond acceptors (Lipinski definition) is 6. The number of hydrogen-bond donors (Lipinski definition) is 0. The molecule has 0 bridgehead atoms. The first kappa shape index (κ1) is 18.4. The van der Waals surface area contributed by atoms with Crippen molar-refractivity contribution in [2.24, 2.45) is 5.16 Å². The van der Waals surface area contributed by atoms with E-state index in [4.69, 9.17) is 27.4 Å². The quantitative estimate of drug-likeness (QED) is 0.430. The highest BCUT2D eigenvalue weighted by Crippen LogP contribution is 2.29. The van der Waals surface area contributed by atoms with Crippen LogP contribution >= 0.6 is 23.2 Å². The van der Waals surface area contributed by atoms with Gasteiger partial charge in [0.15, 0.2) is 0 Å². The van der Waals surface area contributed by atoms with E-state index in [-0.39, 0.29) is 16.2 Å². The first-order valence-electron chi connectivity index (χ1n) is 7.24. The van der Waals surface area contributed by atoms with Gasteiger partial charge < -0.3 is 9.02 Å². The molecule has 0 radical (unpaired) electrons. The van der Waals surface area contributed by atoms with Crippen molar-refractivity contribution in [3.8, 4) is 5.75 Å². The molecule has 0 spiro atoms. The number of nitrogens with zero attached hydrogens (tertiary/aromatic N) is 1. The number of benzene rings is 2.